The second-order valence-electron chi connectivity index (χ2n) is 8.56. The summed E-state index contributed by atoms with van der Waals surface area (Å²) in [6.45, 7) is 6.16. The van der Waals surface area contributed by atoms with Crippen molar-refractivity contribution in [1.29, 1.82) is 0 Å². The van der Waals surface area contributed by atoms with E-state index in [1.807, 2.05) is 84.3 Å². The van der Waals surface area contributed by atoms with Gasteiger partial charge >= 0.3 is 0 Å². The third kappa shape index (κ3) is 4.87. The summed E-state index contributed by atoms with van der Waals surface area (Å²) >= 11 is 0. The van der Waals surface area contributed by atoms with Gasteiger partial charge in [0, 0.05) is 25.9 Å². The molecule has 2 aromatic rings. The third-order valence-electron chi connectivity index (χ3n) is 6.57. The lowest BCUT2D eigenvalue weighted by Gasteiger charge is -2.41. The normalized spacial score (nSPS) is 26.1. The van der Waals surface area contributed by atoms with Crippen molar-refractivity contribution >= 4 is 11.8 Å². The van der Waals surface area contributed by atoms with Crippen LogP contribution in [0.5, 0.6) is 0 Å². The first kappa shape index (κ1) is 22.5. The van der Waals surface area contributed by atoms with Gasteiger partial charge in [0.05, 0.1) is 25.3 Å². The van der Waals surface area contributed by atoms with Crippen LogP contribution in [-0.2, 0) is 19.1 Å². The zero-order valence-corrected chi connectivity index (χ0v) is 18.9. The molecule has 2 aromatic carbocycles. The summed E-state index contributed by atoms with van der Waals surface area (Å²) in [6.07, 6.45) is 0.140. The maximum atomic E-state index is 13.0. The van der Waals surface area contributed by atoms with Crippen LogP contribution < -0.4 is 0 Å². The molecule has 0 saturated carbocycles. The average molecular weight is 437 g/mol. The van der Waals surface area contributed by atoms with Crippen LogP contribution >= 0.6 is 0 Å². The zero-order valence-electron chi connectivity index (χ0n) is 18.9. The van der Waals surface area contributed by atoms with Gasteiger partial charge in [0.15, 0.2) is 0 Å². The molecule has 2 saturated heterocycles. The van der Waals surface area contributed by atoms with Crippen molar-refractivity contribution < 1.29 is 19.1 Å². The summed E-state index contributed by atoms with van der Waals surface area (Å²) < 4.78 is 11.9. The van der Waals surface area contributed by atoms with Crippen molar-refractivity contribution in [2.75, 3.05) is 26.3 Å². The van der Waals surface area contributed by atoms with E-state index in [2.05, 4.69) is 0 Å². The Kier molecular flexibility index (Phi) is 7.22. The van der Waals surface area contributed by atoms with E-state index in [0.29, 0.717) is 26.3 Å². The largest absolute Gasteiger partial charge is 0.370 e. The highest BCUT2D eigenvalue weighted by Crippen LogP contribution is 2.30. The van der Waals surface area contributed by atoms with E-state index in [1.165, 1.54) is 0 Å². The fourth-order valence-corrected chi connectivity index (χ4v) is 4.81. The summed E-state index contributed by atoms with van der Waals surface area (Å²) in [5.41, 5.74) is 2.14. The molecule has 0 bridgehead atoms. The maximum absolute atomic E-state index is 13.0. The predicted octanol–water partition coefficient (Wildman–Crippen LogP) is 3.74. The lowest BCUT2D eigenvalue weighted by Crippen LogP contribution is -2.50. The highest BCUT2D eigenvalue weighted by atomic mass is 16.5. The molecule has 0 aliphatic carbocycles. The molecule has 32 heavy (non-hydrogen) atoms. The van der Waals surface area contributed by atoms with Gasteiger partial charge in [-0.1, -0.05) is 60.7 Å². The fraction of sp³-hybridized carbons (Fsp3) is 0.462. The summed E-state index contributed by atoms with van der Waals surface area (Å²) in [5, 5.41) is 0. The Labute approximate surface area is 190 Å². The molecular formula is C26H32N2O4. The van der Waals surface area contributed by atoms with Crippen LogP contribution in [0.3, 0.4) is 0 Å². The summed E-state index contributed by atoms with van der Waals surface area (Å²) in [7, 11) is 0. The third-order valence-corrected chi connectivity index (χ3v) is 6.57. The highest BCUT2D eigenvalue weighted by molar-refractivity contribution is 5.84. The molecule has 0 unspecified atom stereocenters. The number of hydrogen-bond donors (Lipinski definition) is 0. The SMILES string of the molecule is C[C@@H]1[C@H](c2ccccc2)OCCN1C(=O)CCC(=O)N1CCO[C@@H](c2ccccc2)[C@@H]1C. The lowest BCUT2D eigenvalue weighted by atomic mass is 9.99. The summed E-state index contributed by atoms with van der Waals surface area (Å²) in [5.74, 6) is 0.0196. The first-order valence-electron chi connectivity index (χ1n) is 11.5. The Balaban J connectivity index is 1.34. The molecule has 6 heteroatoms. The molecule has 0 N–H and O–H groups in total. The Bertz CT molecular complexity index is 829. The van der Waals surface area contributed by atoms with Gasteiger partial charge < -0.3 is 19.3 Å². The maximum Gasteiger partial charge on any atom is 0.223 e. The Hall–Kier alpha value is -2.70. The molecule has 170 valence electrons. The van der Waals surface area contributed by atoms with Crippen molar-refractivity contribution in [3.63, 3.8) is 0 Å². The molecule has 6 nitrogen and oxygen atoms in total. The van der Waals surface area contributed by atoms with E-state index in [1.54, 1.807) is 0 Å². The van der Waals surface area contributed by atoms with Crippen LogP contribution in [0.4, 0.5) is 0 Å². The van der Waals surface area contributed by atoms with E-state index >= 15 is 0 Å². The Morgan fingerprint density at radius 3 is 1.47 bits per heavy atom. The molecule has 0 spiro atoms. The smallest absolute Gasteiger partial charge is 0.223 e. The zero-order chi connectivity index (χ0) is 22.5. The Morgan fingerprint density at radius 2 is 1.09 bits per heavy atom. The van der Waals surface area contributed by atoms with E-state index in [4.69, 9.17) is 9.47 Å². The number of rotatable bonds is 5. The molecule has 4 rings (SSSR count). The van der Waals surface area contributed by atoms with Crippen LogP contribution in [0, 0.1) is 0 Å². The van der Waals surface area contributed by atoms with Crippen LogP contribution in [-0.4, -0.2) is 60.0 Å². The molecule has 0 radical (unpaired) electrons. The summed E-state index contributed by atoms with van der Waals surface area (Å²) in [4.78, 5) is 29.8. The molecular weight excluding hydrogens is 404 g/mol. The van der Waals surface area contributed by atoms with Crippen molar-refractivity contribution in [1.82, 2.24) is 9.80 Å². The second kappa shape index (κ2) is 10.3. The highest BCUT2D eigenvalue weighted by Gasteiger charge is 2.35. The standard InChI is InChI=1S/C26H32N2O4/c1-19-25(21-9-5-3-6-10-21)31-17-15-27(19)23(29)13-14-24(30)28-16-18-32-26(20(28)2)22-11-7-4-8-12-22/h3-12,19-20,25-26H,13-18H2,1-2H3/t19-,20+,25-,26-/m1/s1. The molecule has 4 atom stereocenters. The predicted molar refractivity (Wildman–Crippen MR) is 122 cm³/mol. The first-order valence-corrected chi connectivity index (χ1v) is 11.5. The first-order chi connectivity index (χ1) is 15.6. The Morgan fingerprint density at radius 1 is 0.719 bits per heavy atom. The molecule has 2 amide bonds. The molecule has 0 aromatic heterocycles. The monoisotopic (exact) mass is 436 g/mol. The van der Waals surface area contributed by atoms with Gasteiger partial charge in [0.2, 0.25) is 11.8 Å². The van der Waals surface area contributed by atoms with E-state index in [-0.39, 0.29) is 48.9 Å². The minimum atomic E-state index is -0.143. The number of benzene rings is 2. The summed E-state index contributed by atoms with van der Waals surface area (Å²) in [6, 6.07) is 19.9. The molecule has 2 heterocycles. The van der Waals surface area contributed by atoms with Crippen molar-refractivity contribution in [2.24, 2.45) is 0 Å². The minimum absolute atomic E-state index is 0.00982. The van der Waals surface area contributed by atoms with Crippen LogP contribution in [0.1, 0.15) is 50.0 Å². The number of amides is 2. The number of carbonyl (C=O) groups is 2. The number of nitrogens with zero attached hydrogens (tertiary/aromatic N) is 2. The van der Waals surface area contributed by atoms with Gasteiger partial charge in [0.25, 0.3) is 0 Å². The number of ether oxygens (including phenoxy) is 2. The van der Waals surface area contributed by atoms with Gasteiger partial charge in [0.1, 0.15) is 12.2 Å². The van der Waals surface area contributed by atoms with Gasteiger partial charge in [-0.3, -0.25) is 9.59 Å². The average Bonchev–Trinajstić information content (AvgIpc) is 2.83. The van der Waals surface area contributed by atoms with E-state index in [0.717, 1.165) is 11.1 Å². The topological polar surface area (TPSA) is 59.1 Å². The molecule has 2 aliphatic rings. The lowest BCUT2D eigenvalue weighted by molar-refractivity contribution is -0.151. The van der Waals surface area contributed by atoms with Crippen LogP contribution in [0.25, 0.3) is 0 Å². The van der Waals surface area contributed by atoms with Crippen molar-refractivity contribution in [3.05, 3.63) is 71.8 Å². The van der Waals surface area contributed by atoms with Crippen molar-refractivity contribution in [2.45, 2.75) is 51.0 Å². The van der Waals surface area contributed by atoms with Crippen LogP contribution in [0.2, 0.25) is 0 Å². The van der Waals surface area contributed by atoms with Crippen molar-refractivity contribution in [3.8, 4) is 0 Å². The van der Waals surface area contributed by atoms with Gasteiger partial charge in [-0.05, 0) is 25.0 Å². The molecule has 2 aliphatic heterocycles. The van der Waals surface area contributed by atoms with Gasteiger partial charge in [-0.15, -0.1) is 0 Å². The van der Waals surface area contributed by atoms with Crippen LogP contribution in [0.15, 0.2) is 60.7 Å². The van der Waals surface area contributed by atoms with Gasteiger partial charge in [-0.2, -0.15) is 0 Å². The van der Waals surface area contributed by atoms with E-state index < -0.39 is 0 Å². The number of carbonyl (C=O) groups excluding carboxylic acids is 2. The van der Waals surface area contributed by atoms with Gasteiger partial charge in [-0.25, -0.2) is 0 Å². The number of hydrogen-bond acceptors (Lipinski definition) is 4. The quantitative estimate of drug-likeness (QED) is 0.716. The fourth-order valence-electron chi connectivity index (χ4n) is 4.81. The molecule has 2 fully saturated rings. The second-order valence-corrected chi connectivity index (χ2v) is 8.56. The van der Waals surface area contributed by atoms with E-state index in [9.17, 15) is 9.59 Å². The number of morpholine rings is 2. The minimum Gasteiger partial charge on any atom is -0.370 e.